The third-order valence-corrected chi connectivity index (χ3v) is 12.1. The fourth-order valence-electron chi connectivity index (χ4n) is 9.62. The number of rotatable bonds is 5. The van der Waals surface area contributed by atoms with E-state index in [4.69, 9.17) is 0 Å². The van der Waals surface area contributed by atoms with E-state index < -0.39 is 0 Å². The van der Waals surface area contributed by atoms with Gasteiger partial charge in [0.25, 0.3) is 0 Å². The lowest BCUT2D eigenvalue weighted by atomic mass is 9.64. The van der Waals surface area contributed by atoms with Crippen LogP contribution in [-0.2, 0) is 0 Å². The molecule has 6 aliphatic rings. The van der Waals surface area contributed by atoms with E-state index >= 15 is 0 Å². The molecule has 0 N–H and O–H groups in total. The van der Waals surface area contributed by atoms with Crippen molar-refractivity contribution in [2.24, 2.45) is 23.7 Å². The second-order valence-corrected chi connectivity index (χ2v) is 14.9. The summed E-state index contributed by atoms with van der Waals surface area (Å²) in [5.41, 5.74) is 11.6. The van der Waals surface area contributed by atoms with Crippen molar-refractivity contribution in [1.82, 2.24) is 0 Å². The predicted octanol–water partition coefficient (Wildman–Crippen LogP) is 11.4. The van der Waals surface area contributed by atoms with Crippen LogP contribution in [0.3, 0.4) is 0 Å². The van der Waals surface area contributed by atoms with Gasteiger partial charge in [-0.1, -0.05) is 176 Å². The van der Waals surface area contributed by atoms with Gasteiger partial charge in [0.2, 0.25) is 0 Å². The van der Waals surface area contributed by atoms with Crippen LogP contribution in [-0.4, -0.2) is 0 Å². The third-order valence-electron chi connectivity index (χ3n) is 12.1. The van der Waals surface area contributed by atoms with Gasteiger partial charge in [-0.15, -0.1) is 0 Å². The first-order valence-corrected chi connectivity index (χ1v) is 19.1. The minimum absolute atomic E-state index is 0.230. The van der Waals surface area contributed by atoms with E-state index in [-0.39, 0.29) is 17.8 Å². The zero-order valence-electron chi connectivity index (χ0n) is 29.5. The number of hydrogen-bond acceptors (Lipinski definition) is 0. The van der Waals surface area contributed by atoms with Crippen molar-refractivity contribution in [2.75, 3.05) is 0 Å². The molecule has 4 aromatic carbocycles. The molecular formula is C52H42. The summed E-state index contributed by atoms with van der Waals surface area (Å²) in [5, 5.41) is 7.98. The van der Waals surface area contributed by atoms with Crippen LogP contribution < -0.4 is 10.4 Å². The van der Waals surface area contributed by atoms with Gasteiger partial charge >= 0.3 is 0 Å². The molecule has 4 atom stereocenters. The van der Waals surface area contributed by atoms with E-state index in [2.05, 4.69) is 182 Å². The second kappa shape index (κ2) is 13.1. The van der Waals surface area contributed by atoms with Gasteiger partial charge in [0.1, 0.15) is 0 Å². The monoisotopic (exact) mass is 666 g/mol. The average molecular weight is 667 g/mol. The van der Waals surface area contributed by atoms with E-state index in [9.17, 15) is 0 Å². The van der Waals surface area contributed by atoms with Crippen molar-refractivity contribution in [3.8, 4) is 0 Å². The maximum absolute atomic E-state index is 2.47. The van der Waals surface area contributed by atoms with Crippen molar-refractivity contribution in [2.45, 2.75) is 25.7 Å². The van der Waals surface area contributed by atoms with Gasteiger partial charge in [0.15, 0.2) is 0 Å². The Balaban J connectivity index is 1.14. The molecule has 0 heteroatoms. The Morgan fingerprint density at radius 1 is 0.481 bits per heavy atom. The van der Waals surface area contributed by atoms with Crippen LogP contribution in [0.1, 0.15) is 31.2 Å². The third kappa shape index (κ3) is 5.28. The zero-order chi connectivity index (χ0) is 34.4. The summed E-state index contributed by atoms with van der Waals surface area (Å²) in [4.78, 5) is 0. The highest BCUT2D eigenvalue weighted by molar-refractivity contribution is 6.10. The molecule has 0 aliphatic heterocycles. The lowest BCUT2D eigenvalue weighted by Gasteiger charge is -2.39. The Hall–Kier alpha value is -5.72. The highest BCUT2D eigenvalue weighted by Gasteiger charge is 2.37. The maximum atomic E-state index is 2.47. The fourth-order valence-corrected chi connectivity index (χ4v) is 9.62. The Morgan fingerprint density at radius 3 is 1.81 bits per heavy atom. The minimum atomic E-state index is 0.230. The Labute approximate surface area is 307 Å². The molecule has 250 valence electrons. The molecule has 0 saturated heterocycles. The van der Waals surface area contributed by atoms with E-state index in [1.807, 2.05) is 0 Å². The van der Waals surface area contributed by atoms with Gasteiger partial charge in [-0.2, -0.15) is 0 Å². The van der Waals surface area contributed by atoms with Crippen molar-refractivity contribution in [3.63, 3.8) is 0 Å². The molecule has 4 unspecified atom stereocenters. The molecule has 0 amide bonds. The van der Waals surface area contributed by atoms with Crippen molar-refractivity contribution >= 4 is 32.7 Å². The molecule has 6 aliphatic carbocycles. The van der Waals surface area contributed by atoms with Gasteiger partial charge < -0.3 is 0 Å². The summed E-state index contributed by atoms with van der Waals surface area (Å²) >= 11 is 0. The topological polar surface area (TPSA) is 0 Å². The molecule has 0 bridgehead atoms. The number of benzene rings is 4. The average Bonchev–Trinajstić information content (AvgIpc) is 3.22. The Kier molecular flexibility index (Phi) is 7.83. The molecule has 10 rings (SSSR count). The second-order valence-electron chi connectivity index (χ2n) is 14.9. The summed E-state index contributed by atoms with van der Waals surface area (Å²) in [6.07, 6.45) is 44.5. The summed E-state index contributed by atoms with van der Waals surface area (Å²) in [6.45, 7) is 0. The first-order chi connectivity index (χ1) is 25.8. The molecule has 0 nitrogen and oxygen atoms in total. The smallest absolute Gasteiger partial charge is 0.0138 e. The van der Waals surface area contributed by atoms with Gasteiger partial charge in [-0.3, -0.25) is 0 Å². The Bertz CT molecular complexity index is 2570. The van der Waals surface area contributed by atoms with E-state index in [1.165, 1.54) is 83.0 Å². The van der Waals surface area contributed by atoms with E-state index in [1.54, 1.807) is 0 Å². The highest BCUT2D eigenvalue weighted by atomic mass is 14.4. The molecule has 0 heterocycles. The molecule has 4 aromatic rings. The van der Waals surface area contributed by atoms with Crippen LogP contribution in [0.5, 0.6) is 0 Å². The van der Waals surface area contributed by atoms with E-state index in [0.717, 1.165) is 19.3 Å². The van der Waals surface area contributed by atoms with Crippen molar-refractivity contribution in [3.05, 3.63) is 226 Å². The summed E-state index contributed by atoms with van der Waals surface area (Å²) in [5.74, 6) is 1.07. The lowest BCUT2D eigenvalue weighted by Crippen LogP contribution is -2.41. The lowest BCUT2D eigenvalue weighted by molar-refractivity contribution is 0.595. The van der Waals surface area contributed by atoms with Crippen LogP contribution in [0, 0.1) is 23.7 Å². The predicted molar refractivity (Wildman–Crippen MR) is 221 cm³/mol. The molecule has 0 saturated carbocycles. The molecular weight excluding hydrogens is 625 g/mol. The normalized spacial score (nSPS) is 24.7. The fraction of sp³-hybridized carbons (Fsp3) is 0.154. The van der Waals surface area contributed by atoms with Crippen LogP contribution in [0.25, 0.3) is 32.7 Å². The molecule has 52 heavy (non-hydrogen) atoms. The van der Waals surface area contributed by atoms with Crippen molar-refractivity contribution < 1.29 is 0 Å². The molecule has 0 radical (unpaired) electrons. The molecule has 0 aromatic heterocycles. The first kappa shape index (κ1) is 31.1. The van der Waals surface area contributed by atoms with Gasteiger partial charge in [0, 0.05) is 23.7 Å². The largest absolute Gasteiger partial charge is 0.0842 e. The standard InChI is InChI=1S/C52H42/c1-2-14-36(15-3-1)37-29-26-35(27-30-37)28-31-38-32-33-49(44-21-9-8-18-41(38)44)50-45-22-10-12-24-47(45)52(48-25-13-11-23-46(48)50)51-42-19-6-4-16-39(42)34-40-17-5-7-20-43(40)51/h1-2,4-14,16-26,28-29,31-34,41,44-45,47H,3,15,27,30H2. The summed E-state index contributed by atoms with van der Waals surface area (Å²) in [7, 11) is 0. The zero-order valence-corrected chi connectivity index (χ0v) is 29.5. The maximum Gasteiger partial charge on any atom is 0.0138 e. The van der Waals surface area contributed by atoms with Crippen LogP contribution in [0.15, 0.2) is 210 Å². The summed E-state index contributed by atoms with van der Waals surface area (Å²) in [6, 6.07) is 29.5. The van der Waals surface area contributed by atoms with E-state index in [0.29, 0.717) is 5.92 Å². The Morgan fingerprint density at radius 2 is 1.12 bits per heavy atom. The number of fused-ring (bicyclic) bond motifs is 5. The number of hydrogen-bond donors (Lipinski definition) is 0. The SMILES string of the molecule is C1=CCCC(C2=CC=C(C=CC3=CC=C(C4=c5ccccc5=C(c5c6ccccc6cc6ccccc56)C5C=CC=CC45)C4C=CC=CC34)CC2)=C1. The van der Waals surface area contributed by atoms with Crippen LogP contribution in [0.4, 0.5) is 0 Å². The van der Waals surface area contributed by atoms with Gasteiger partial charge in [-0.25, -0.2) is 0 Å². The van der Waals surface area contributed by atoms with Crippen molar-refractivity contribution in [1.29, 1.82) is 0 Å². The van der Waals surface area contributed by atoms with Gasteiger partial charge in [-0.05, 0) is 108 Å². The summed E-state index contributed by atoms with van der Waals surface area (Å²) < 4.78 is 0. The first-order valence-electron chi connectivity index (χ1n) is 19.1. The van der Waals surface area contributed by atoms with Crippen LogP contribution in [0.2, 0.25) is 0 Å². The van der Waals surface area contributed by atoms with Gasteiger partial charge in [0.05, 0.1) is 0 Å². The number of allylic oxidation sites excluding steroid dienone is 22. The molecule has 0 spiro atoms. The highest BCUT2D eigenvalue weighted by Crippen LogP contribution is 2.48. The minimum Gasteiger partial charge on any atom is -0.0842 e. The quantitative estimate of drug-likeness (QED) is 0.186. The molecule has 0 fully saturated rings. The van der Waals surface area contributed by atoms with Crippen LogP contribution >= 0.6 is 0 Å².